The normalized spacial score (nSPS) is 19.7. The lowest BCUT2D eigenvalue weighted by atomic mass is 10.0. The minimum absolute atomic E-state index is 0.0566. The number of methoxy groups -OCH3 is 1. The number of hydrogen-bond donors (Lipinski definition) is 2. The lowest BCUT2D eigenvalue weighted by molar-refractivity contribution is -0.140. The highest BCUT2D eigenvalue weighted by molar-refractivity contribution is 5.98. The summed E-state index contributed by atoms with van der Waals surface area (Å²) in [5, 5.41) is 2.91. The minimum Gasteiger partial charge on any atom is -0.495 e. The van der Waals surface area contributed by atoms with Gasteiger partial charge < -0.3 is 20.7 Å². The zero-order valence-corrected chi connectivity index (χ0v) is 14.8. The predicted octanol–water partition coefficient (Wildman–Crippen LogP) is 1.92. The molecule has 1 saturated heterocycles. The summed E-state index contributed by atoms with van der Waals surface area (Å²) in [5.41, 5.74) is 7.49. The summed E-state index contributed by atoms with van der Waals surface area (Å²) in [6, 6.07) is 4.91. The number of nitrogens with zero attached hydrogens (tertiary/aromatic N) is 1. The van der Waals surface area contributed by atoms with Crippen molar-refractivity contribution in [2.75, 3.05) is 19.0 Å². The molecule has 3 N–H and O–H groups in total. The van der Waals surface area contributed by atoms with Crippen LogP contribution in [0.1, 0.15) is 32.3 Å². The molecule has 0 spiro atoms. The van der Waals surface area contributed by atoms with E-state index in [1.54, 1.807) is 12.0 Å². The molecule has 1 aromatic carbocycles. The van der Waals surface area contributed by atoms with Crippen LogP contribution in [0, 0.1) is 12.8 Å². The summed E-state index contributed by atoms with van der Waals surface area (Å²) >= 11 is 0. The fraction of sp³-hybridized carbons (Fsp3) is 0.556. The molecule has 6 nitrogen and oxygen atoms in total. The van der Waals surface area contributed by atoms with Crippen LogP contribution in [0.2, 0.25) is 0 Å². The number of rotatable bonds is 5. The van der Waals surface area contributed by atoms with E-state index < -0.39 is 6.04 Å². The van der Waals surface area contributed by atoms with Crippen LogP contribution in [0.15, 0.2) is 18.2 Å². The maximum Gasteiger partial charge on any atom is 0.247 e. The molecule has 1 aliphatic rings. The summed E-state index contributed by atoms with van der Waals surface area (Å²) in [7, 11) is 1.57. The Morgan fingerprint density at radius 2 is 2.08 bits per heavy atom. The van der Waals surface area contributed by atoms with Gasteiger partial charge in [-0.1, -0.05) is 13.0 Å². The van der Waals surface area contributed by atoms with Crippen molar-refractivity contribution in [1.82, 2.24) is 4.90 Å². The van der Waals surface area contributed by atoms with E-state index in [0.29, 0.717) is 24.4 Å². The minimum atomic E-state index is -0.455. The van der Waals surface area contributed by atoms with E-state index >= 15 is 0 Å². The topological polar surface area (TPSA) is 84.7 Å². The Kier molecular flexibility index (Phi) is 5.83. The summed E-state index contributed by atoms with van der Waals surface area (Å²) in [6.07, 6.45) is 1.48. The Labute approximate surface area is 143 Å². The van der Waals surface area contributed by atoms with Crippen molar-refractivity contribution < 1.29 is 14.3 Å². The molecule has 24 heavy (non-hydrogen) atoms. The fourth-order valence-corrected chi connectivity index (χ4v) is 2.93. The molecule has 0 radical (unpaired) electrons. The van der Waals surface area contributed by atoms with Crippen LogP contribution in [0.3, 0.4) is 0 Å². The zero-order chi connectivity index (χ0) is 17.9. The highest BCUT2D eigenvalue weighted by Gasteiger charge is 2.36. The van der Waals surface area contributed by atoms with E-state index in [9.17, 15) is 9.59 Å². The van der Waals surface area contributed by atoms with Gasteiger partial charge in [-0.3, -0.25) is 9.59 Å². The third kappa shape index (κ3) is 3.87. The quantitative estimate of drug-likeness (QED) is 0.862. The van der Waals surface area contributed by atoms with E-state index in [1.165, 1.54) is 0 Å². The van der Waals surface area contributed by atoms with Crippen molar-refractivity contribution in [1.29, 1.82) is 0 Å². The molecular formula is C18H27N3O3. The lowest BCUT2D eigenvalue weighted by Gasteiger charge is -2.28. The Balaban J connectivity index is 2.14. The largest absolute Gasteiger partial charge is 0.495 e. The van der Waals surface area contributed by atoms with Crippen molar-refractivity contribution in [2.45, 2.75) is 45.7 Å². The maximum absolute atomic E-state index is 12.7. The van der Waals surface area contributed by atoms with Gasteiger partial charge in [-0.15, -0.1) is 0 Å². The molecule has 2 amide bonds. The van der Waals surface area contributed by atoms with Gasteiger partial charge in [-0.2, -0.15) is 0 Å². The highest BCUT2D eigenvalue weighted by Crippen LogP contribution is 2.27. The number of carbonyl (C=O) groups excluding carboxylic acids is 2. The average Bonchev–Trinajstić information content (AvgIpc) is 3.03. The molecule has 132 valence electrons. The van der Waals surface area contributed by atoms with E-state index in [2.05, 4.69) is 5.32 Å². The van der Waals surface area contributed by atoms with Gasteiger partial charge >= 0.3 is 0 Å². The number of hydrogen-bond acceptors (Lipinski definition) is 4. The second-order valence-corrected chi connectivity index (χ2v) is 6.53. The number of benzene rings is 1. The molecule has 0 aliphatic carbocycles. The van der Waals surface area contributed by atoms with Gasteiger partial charge in [0, 0.05) is 12.6 Å². The van der Waals surface area contributed by atoms with Crippen LogP contribution >= 0.6 is 0 Å². The van der Waals surface area contributed by atoms with Crippen LogP contribution in [0.4, 0.5) is 5.69 Å². The first kappa shape index (κ1) is 18.3. The molecular weight excluding hydrogens is 306 g/mol. The molecule has 0 saturated carbocycles. The fourth-order valence-electron chi connectivity index (χ4n) is 2.93. The summed E-state index contributed by atoms with van der Waals surface area (Å²) in [5.74, 6) is 0.0705. The van der Waals surface area contributed by atoms with Crippen molar-refractivity contribution >= 4 is 17.5 Å². The zero-order valence-electron chi connectivity index (χ0n) is 14.8. The van der Waals surface area contributed by atoms with Crippen molar-refractivity contribution in [3.63, 3.8) is 0 Å². The van der Waals surface area contributed by atoms with E-state index in [4.69, 9.17) is 10.5 Å². The summed E-state index contributed by atoms with van der Waals surface area (Å²) < 4.78 is 5.30. The van der Waals surface area contributed by atoms with E-state index in [1.807, 2.05) is 39.0 Å². The monoisotopic (exact) mass is 333 g/mol. The highest BCUT2D eigenvalue weighted by atomic mass is 16.5. The van der Waals surface area contributed by atoms with Gasteiger partial charge in [-0.25, -0.2) is 0 Å². The van der Waals surface area contributed by atoms with Gasteiger partial charge in [0.05, 0.1) is 18.7 Å². The maximum atomic E-state index is 12.7. The van der Waals surface area contributed by atoms with Gasteiger partial charge in [0.25, 0.3) is 0 Å². The van der Waals surface area contributed by atoms with Crippen molar-refractivity contribution in [2.24, 2.45) is 11.7 Å². The third-order valence-corrected chi connectivity index (χ3v) is 4.63. The number of nitrogens with one attached hydrogen (secondary N) is 1. The van der Waals surface area contributed by atoms with Crippen LogP contribution in [0.25, 0.3) is 0 Å². The number of likely N-dealkylation sites (tertiary alicyclic amines) is 1. The van der Waals surface area contributed by atoms with Crippen LogP contribution < -0.4 is 15.8 Å². The first-order chi connectivity index (χ1) is 11.3. The Morgan fingerprint density at radius 3 is 2.71 bits per heavy atom. The van der Waals surface area contributed by atoms with Gasteiger partial charge in [0.1, 0.15) is 11.8 Å². The summed E-state index contributed by atoms with van der Waals surface area (Å²) in [6.45, 7) is 6.17. The lowest BCUT2D eigenvalue weighted by Crippen LogP contribution is -2.48. The first-order valence-electron chi connectivity index (χ1n) is 8.36. The molecule has 1 aromatic rings. The second-order valence-electron chi connectivity index (χ2n) is 6.53. The SMILES string of the molecule is COc1ccc(C)cc1NC(=O)C1CCCN1C(=O)C(C)C(C)N. The number of aryl methyl sites for hydroxylation is 1. The van der Waals surface area contributed by atoms with E-state index in [0.717, 1.165) is 12.0 Å². The van der Waals surface area contributed by atoms with Crippen LogP contribution in [0.5, 0.6) is 5.75 Å². The number of anilines is 1. The number of ether oxygens (including phenoxy) is 1. The standard InChI is InChI=1S/C18H27N3O3/c1-11-7-8-16(24-4)14(10-11)20-17(22)15-6-5-9-21(15)18(23)12(2)13(3)19/h7-8,10,12-13,15H,5-6,9,19H2,1-4H3,(H,20,22). The molecule has 1 fully saturated rings. The average molecular weight is 333 g/mol. The van der Waals surface area contributed by atoms with Crippen molar-refractivity contribution in [3.8, 4) is 5.75 Å². The molecule has 2 rings (SSSR count). The smallest absolute Gasteiger partial charge is 0.247 e. The Bertz CT molecular complexity index is 616. The van der Waals surface area contributed by atoms with Crippen LogP contribution in [-0.4, -0.2) is 42.5 Å². The molecule has 0 bridgehead atoms. The van der Waals surface area contributed by atoms with Gasteiger partial charge in [0.2, 0.25) is 11.8 Å². The molecule has 0 aromatic heterocycles. The van der Waals surface area contributed by atoms with Crippen LogP contribution in [-0.2, 0) is 9.59 Å². The third-order valence-electron chi connectivity index (χ3n) is 4.63. The number of amides is 2. The summed E-state index contributed by atoms with van der Waals surface area (Å²) in [4.78, 5) is 26.9. The molecule has 1 heterocycles. The molecule has 3 atom stereocenters. The number of nitrogens with two attached hydrogens (primary N) is 1. The predicted molar refractivity (Wildman–Crippen MR) is 93.9 cm³/mol. The van der Waals surface area contributed by atoms with Gasteiger partial charge in [0.15, 0.2) is 0 Å². The van der Waals surface area contributed by atoms with Crippen molar-refractivity contribution in [3.05, 3.63) is 23.8 Å². The first-order valence-corrected chi connectivity index (χ1v) is 8.36. The number of carbonyl (C=O) groups is 2. The molecule has 3 unspecified atom stereocenters. The molecule has 6 heteroatoms. The van der Waals surface area contributed by atoms with Gasteiger partial charge in [-0.05, 0) is 44.4 Å². The molecule has 1 aliphatic heterocycles. The Hall–Kier alpha value is -2.08. The Morgan fingerprint density at radius 1 is 1.38 bits per heavy atom. The van der Waals surface area contributed by atoms with E-state index in [-0.39, 0.29) is 23.8 Å². The second kappa shape index (κ2) is 7.66.